The number of hydrogen-bond acceptors (Lipinski definition) is 4. The first-order chi connectivity index (χ1) is 5.44. The van der Waals surface area contributed by atoms with Gasteiger partial charge >= 0.3 is 0 Å². The van der Waals surface area contributed by atoms with E-state index in [4.69, 9.17) is 5.90 Å². The third kappa shape index (κ3) is 3.57. The largest absolute Gasteiger partial charge is 0.284 e. The molecule has 0 rings (SSSR count). The molecule has 0 aromatic rings. The van der Waals surface area contributed by atoms with Crippen LogP contribution in [0.3, 0.4) is 0 Å². The van der Waals surface area contributed by atoms with Crippen LogP contribution in [0.15, 0.2) is 12.3 Å². The van der Waals surface area contributed by atoms with Gasteiger partial charge in [-0.3, -0.25) is 4.72 Å². The van der Waals surface area contributed by atoms with Gasteiger partial charge < -0.3 is 0 Å². The Balaban J connectivity index is 4.13. The third-order valence-corrected chi connectivity index (χ3v) is 3.39. The fourth-order valence-electron chi connectivity index (χ4n) is 0.371. The Labute approximate surface area is 79.7 Å². The molecule has 0 aliphatic heterocycles. The Morgan fingerprint density at radius 1 is 1.75 bits per heavy atom. The van der Waals surface area contributed by atoms with Crippen molar-refractivity contribution in [2.24, 2.45) is 5.90 Å². The molecule has 6 heteroatoms. The van der Waals surface area contributed by atoms with Crippen LogP contribution in [0.4, 0.5) is 0 Å². The summed E-state index contributed by atoms with van der Waals surface area (Å²) < 4.78 is 17.2. The zero-order valence-corrected chi connectivity index (χ0v) is 9.05. The second-order valence-corrected chi connectivity index (χ2v) is 4.92. The Bertz CT molecular complexity index is 194. The van der Waals surface area contributed by atoms with Crippen LogP contribution in [0.5, 0.6) is 0 Å². The highest BCUT2D eigenvalue weighted by molar-refractivity contribution is 8.00. The molecule has 0 fully saturated rings. The molecule has 0 saturated heterocycles. The van der Waals surface area contributed by atoms with E-state index < -0.39 is 11.3 Å². The predicted molar refractivity (Wildman–Crippen MR) is 53.3 cm³/mol. The fraction of sp³-hybridized carbons (Fsp3) is 0.667. The van der Waals surface area contributed by atoms with E-state index in [-0.39, 0.29) is 4.75 Å². The highest BCUT2D eigenvalue weighted by atomic mass is 32.2. The molecule has 0 aromatic heterocycles. The molecular weight excluding hydrogens is 196 g/mol. The molecule has 3 N–H and O–H groups in total. The maximum atomic E-state index is 10.8. The van der Waals surface area contributed by atoms with Crippen LogP contribution in [0.2, 0.25) is 0 Å². The lowest BCUT2D eigenvalue weighted by molar-refractivity contribution is 0.362. The summed E-state index contributed by atoms with van der Waals surface area (Å²) in [6.45, 7) is 7.64. The van der Waals surface area contributed by atoms with Gasteiger partial charge in [-0.15, -0.1) is 0 Å². The van der Waals surface area contributed by atoms with E-state index in [0.717, 1.165) is 0 Å². The van der Waals surface area contributed by atoms with Gasteiger partial charge in [-0.25, -0.2) is 4.21 Å². The number of rotatable bonds is 5. The maximum Gasteiger partial charge on any atom is 0.278 e. The average Bonchev–Trinajstić information content (AvgIpc) is 2.04. The van der Waals surface area contributed by atoms with Crippen LogP contribution in [0, 0.1) is 0 Å². The van der Waals surface area contributed by atoms with Crippen LogP contribution in [0.1, 0.15) is 13.8 Å². The molecule has 4 nitrogen and oxygen atoms in total. The molecule has 0 radical (unpaired) electrons. The molecule has 0 amide bonds. The zero-order chi connectivity index (χ0) is 9.78. The predicted octanol–water partition coefficient (Wildman–Crippen LogP) is 0.700. The summed E-state index contributed by atoms with van der Waals surface area (Å²) in [7, 11) is 0. The standard InChI is InChI=1S/C6H14N2O2S2/c1-5(6(2,3)11-4)8-12(9)10-7/h8H,1,7H2,2-4H3. The maximum absolute atomic E-state index is 10.8. The van der Waals surface area contributed by atoms with Gasteiger partial charge in [-0.1, -0.05) is 6.58 Å². The lowest BCUT2D eigenvalue weighted by Gasteiger charge is -2.24. The summed E-state index contributed by atoms with van der Waals surface area (Å²) in [4.78, 5) is 0. The molecule has 12 heavy (non-hydrogen) atoms. The quantitative estimate of drug-likeness (QED) is 0.656. The second-order valence-electron chi connectivity index (χ2n) is 2.63. The summed E-state index contributed by atoms with van der Waals surface area (Å²) in [5.41, 5.74) is 0.624. The van der Waals surface area contributed by atoms with Gasteiger partial charge in [0.05, 0.1) is 0 Å². The highest BCUT2D eigenvalue weighted by Crippen LogP contribution is 2.27. The van der Waals surface area contributed by atoms with E-state index in [1.54, 1.807) is 11.8 Å². The number of nitrogens with one attached hydrogen (secondary N) is 1. The van der Waals surface area contributed by atoms with E-state index in [0.29, 0.717) is 5.70 Å². The molecule has 72 valence electrons. The van der Waals surface area contributed by atoms with Gasteiger partial charge in [0.15, 0.2) is 0 Å². The topological polar surface area (TPSA) is 64.3 Å². The van der Waals surface area contributed by atoms with Crippen molar-refractivity contribution >= 4 is 23.0 Å². The van der Waals surface area contributed by atoms with Crippen molar-refractivity contribution in [3.05, 3.63) is 12.3 Å². The molecule has 0 aromatic carbocycles. The molecule has 0 bridgehead atoms. The summed E-state index contributed by atoms with van der Waals surface area (Å²) in [6, 6.07) is 0. The summed E-state index contributed by atoms with van der Waals surface area (Å²) >= 11 is -0.0954. The van der Waals surface area contributed by atoms with Crippen LogP contribution >= 0.6 is 11.8 Å². The second kappa shape index (κ2) is 4.86. The molecule has 1 unspecified atom stereocenters. The molecule has 0 spiro atoms. The Kier molecular flexibility index (Phi) is 4.84. The first-order valence-electron chi connectivity index (χ1n) is 3.24. The number of nitrogens with two attached hydrogens (primary N) is 1. The van der Waals surface area contributed by atoms with Crippen molar-refractivity contribution in [1.29, 1.82) is 0 Å². The van der Waals surface area contributed by atoms with Gasteiger partial charge in [0.1, 0.15) is 0 Å². The van der Waals surface area contributed by atoms with Crippen LogP contribution in [-0.4, -0.2) is 15.2 Å². The average molecular weight is 210 g/mol. The van der Waals surface area contributed by atoms with Gasteiger partial charge in [0.25, 0.3) is 11.3 Å². The summed E-state index contributed by atoms with van der Waals surface area (Å²) in [5, 5.41) is 0. The van der Waals surface area contributed by atoms with Crippen molar-refractivity contribution < 1.29 is 8.49 Å². The van der Waals surface area contributed by atoms with Crippen molar-refractivity contribution in [3.8, 4) is 0 Å². The number of hydrogen-bond donors (Lipinski definition) is 2. The monoisotopic (exact) mass is 210 g/mol. The van der Waals surface area contributed by atoms with Crippen LogP contribution < -0.4 is 10.6 Å². The molecule has 0 saturated carbocycles. The smallest absolute Gasteiger partial charge is 0.278 e. The summed E-state index contributed by atoms with van der Waals surface area (Å²) in [5.74, 6) is 4.69. The first-order valence-corrected chi connectivity index (χ1v) is 5.54. The van der Waals surface area contributed by atoms with Gasteiger partial charge in [0, 0.05) is 10.4 Å². The lowest BCUT2D eigenvalue weighted by Crippen LogP contribution is -2.31. The molecular formula is C6H14N2O2S2. The van der Waals surface area contributed by atoms with Crippen molar-refractivity contribution in [1.82, 2.24) is 4.72 Å². The van der Waals surface area contributed by atoms with Gasteiger partial charge in [-0.05, 0) is 20.1 Å². The lowest BCUT2D eigenvalue weighted by atomic mass is 10.1. The van der Waals surface area contributed by atoms with E-state index in [1.165, 1.54) is 0 Å². The van der Waals surface area contributed by atoms with E-state index in [1.807, 2.05) is 20.1 Å². The Hall–Kier alpha value is -0.0400. The van der Waals surface area contributed by atoms with Gasteiger partial charge in [-0.2, -0.15) is 21.9 Å². The van der Waals surface area contributed by atoms with Crippen molar-refractivity contribution in [2.75, 3.05) is 6.26 Å². The van der Waals surface area contributed by atoms with Crippen molar-refractivity contribution in [3.63, 3.8) is 0 Å². The molecule has 0 heterocycles. The normalized spacial score (nSPS) is 14.0. The number of thioether (sulfide) groups is 1. The van der Waals surface area contributed by atoms with Crippen LogP contribution in [0.25, 0.3) is 0 Å². The van der Waals surface area contributed by atoms with E-state index >= 15 is 0 Å². The van der Waals surface area contributed by atoms with E-state index in [9.17, 15) is 4.21 Å². The third-order valence-electron chi connectivity index (χ3n) is 1.53. The molecule has 0 aliphatic rings. The first kappa shape index (κ1) is 12.0. The minimum atomic E-state index is -1.69. The fourth-order valence-corrected chi connectivity index (χ4v) is 1.24. The minimum absolute atomic E-state index is 0.186. The zero-order valence-electron chi connectivity index (χ0n) is 7.42. The minimum Gasteiger partial charge on any atom is -0.284 e. The van der Waals surface area contributed by atoms with Crippen LogP contribution in [-0.2, 0) is 15.6 Å². The Morgan fingerprint density at radius 2 is 2.25 bits per heavy atom. The SMILES string of the molecule is C=C(NS(=O)ON)C(C)(C)SC. The van der Waals surface area contributed by atoms with Crippen molar-refractivity contribution in [2.45, 2.75) is 18.6 Å². The molecule has 1 atom stereocenters. The van der Waals surface area contributed by atoms with E-state index in [2.05, 4.69) is 15.6 Å². The Morgan fingerprint density at radius 3 is 2.58 bits per heavy atom. The van der Waals surface area contributed by atoms with Gasteiger partial charge in [0.2, 0.25) is 0 Å². The molecule has 0 aliphatic carbocycles. The highest BCUT2D eigenvalue weighted by Gasteiger charge is 2.21. The summed E-state index contributed by atoms with van der Waals surface area (Å²) in [6.07, 6.45) is 1.94.